The van der Waals surface area contributed by atoms with Crippen molar-refractivity contribution in [1.82, 2.24) is 0 Å². The number of anilines is 1. The maximum atomic E-state index is 6.01. The van der Waals surface area contributed by atoms with Gasteiger partial charge in [-0.05, 0) is 24.5 Å². The van der Waals surface area contributed by atoms with Gasteiger partial charge in [-0.15, -0.1) is 0 Å². The second kappa shape index (κ2) is 4.06. The van der Waals surface area contributed by atoms with E-state index in [-0.39, 0.29) is 5.41 Å². The Morgan fingerprint density at radius 3 is 2.35 bits per heavy atom. The number of hydrogen-bond acceptors (Lipinski definition) is 3. The maximum absolute atomic E-state index is 6.01. The van der Waals surface area contributed by atoms with Crippen molar-refractivity contribution in [2.75, 3.05) is 11.4 Å². The van der Waals surface area contributed by atoms with Crippen LogP contribution in [0.4, 0.5) is 5.69 Å². The quantitative estimate of drug-likeness (QED) is 0.807. The minimum absolute atomic E-state index is 0.162. The Bertz CT molecular complexity index is 426. The van der Waals surface area contributed by atoms with Crippen molar-refractivity contribution in [2.24, 2.45) is 16.1 Å². The predicted octanol–water partition coefficient (Wildman–Crippen LogP) is 2.54. The summed E-state index contributed by atoms with van der Waals surface area (Å²) < 4.78 is 0. The molecule has 1 aliphatic heterocycles. The SMILES string of the molecule is Cc1ccc(N2C(N)=NCC2C(C)(C)C)cc1. The van der Waals surface area contributed by atoms with E-state index in [4.69, 9.17) is 5.73 Å². The van der Waals surface area contributed by atoms with Gasteiger partial charge in [0.25, 0.3) is 0 Å². The minimum atomic E-state index is 0.162. The number of nitrogens with zero attached hydrogens (tertiary/aromatic N) is 2. The van der Waals surface area contributed by atoms with Crippen LogP contribution in [0.5, 0.6) is 0 Å². The Labute approximate surface area is 103 Å². The van der Waals surface area contributed by atoms with Crippen LogP contribution in [-0.4, -0.2) is 18.5 Å². The lowest BCUT2D eigenvalue weighted by atomic mass is 9.86. The molecule has 1 aliphatic rings. The number of hydrogen-bond donors (Lipinski definition) is 1. The highest BCUT2D eigenvalue weighted by atomic mass is 15.3. The van der Waals surface area contributed by atoms with Crippen LogP contribution >= 0.6 is 0 Å². The monoisotopic (exact) mass is 231 g/mol. The largest absolute Gasteiger partial charge is 0.370 e. The molecule has 0 spiro atoms. The van der Waals surface area contributed by atoms with Gasteiger partial charge in [-0.3, -0.25) is 4.99 Å². The Balaban J connectivity index is 2.34. The summed E-state index contributed by atoms with van der Waals surface area (Å²) in [5, 5.41) is 0. The molecule has 0 aliphatic carbocycles. The van der Waals surface area contributed by atoms with E-state index in [0.29, 0.717) is 12.0 Å². The fourth-order valence-electron chi connectivity index (χ4n) is 2.18. The van der Waals surface area contributed by atoms with E-state index in [1.54, 1.807) is 0 Å². The van der Waals surface area contributed by atoms with Gasteiger partial charge in [0.2, 0.25) is 0 Å². The van der Waals surface area contributed by atoms with Crippen molar-refractivity contribution in [2.45, 2.75) is 33.7 Å². The van der Waals surface area contributed by atoms with Gasteiger partial charge in [0.05, 0.1) is 12.6 Å². The molecule has 0 saturated heterocycles. The Hall–Kier alpha value is -1.51. The molecule has 0 amide bonds. The average molecular weight is 231 g/mol. The topological polar surface area (TPSA) is 41.6 Å². The first kappa shape index (κ1) is 12.0. The van der Waals surface area contributed by atoms with E-state index in [2.05, 4.69) is 61.9 Å². The number of rotatable bonds is 1. The third-order valence-corrected chi connectivity index (χ3v) is 3.30. The van der Waals surface area contributed by atoms with Crippen LogP contribution in [0.2, 0.25) is 0 Å². The van der Waals surface area contributed by atoms with Crippen LogP contribution < -0.4 is 10.6 Å². The van der Waals surface area contributed by atoms with Crippen molar-refractivity contribution in [3.05, 3.63) is 29.8 Å². The summed E-state index contributed by atoms with van der Waals surface area (Å²) in [6.45, 7) is 9.56. The zero-order valence-electron chi connectivity index (χ0n) is 11.1. The molecule has 2 rings (SSSR count). The molecule has 0 bridgehead atoms. The van der Waals surface area contributed by atoms with Crippen molar-refractivity contribution < 1.29 is 0 Å². The summed E-state index contributed by atoms with van der Waals surface area (Å²) in [6, 6.07) is 8.79. The fraction of sp³-hybridized carbons (Fsp3) is 0.500. The van der Waals surface area contributed by atoms with Gasteiger partial charge in [0.1, 0.15) is 0 Å². The standard InChI is InChI=1S/C14H21N3/c1-10-5-7-11(8-6-10)17-12(14(2,3)4)9-16-13(17)15/h5-8,12H,9H2,1-4H3,(H2,15,16). The Morgan fingerprint density at radius 2 is 1.82 bits per heavy atom. The van der Waals surface area contributed by atoms with E-state index in [0.717, 1.165) is 12.2 Å². The van der Waals surface area contributed by atoms with Crippen LogP contribution in [0.3, 0.4) is 0 Å². The van der Waals surface area contributed by atoms with Gasteiger partial charge in [0, 0.05) is 5.69 Å². The van der Waals surface area contributed by atoms with Gasteiger partial charge < -0.3 is 10.6 Å². The third-order valence-electron chi connectivity index (χ3n) is 3.30. The van der Waals surface area contributed by atoms with Crippen LogP contribution in [-0.2, 0) is 0 Å². The zero-order chi connectivity index (χ0) is 12.6. The summed E-state index contributed by atoms with van der Waals surface area (Å²) in [7, 11) is 0. The van der Waals surface area contributed by atoms with E-state index in [1.807, 2.05) is 0 Å². The van der Waals surface area contributed by atoms with E-state index in [9.17, 15) is 0 Å². The molecule has 0 fully saturated rings. The first-order valence-corrected chi connectivity index (χ1v) is 6.05. The normalized spacial score (nSPS) is 20.6. The number of benzene rings is 1. The molecule has 92 valence electrons. The maximum Gasteiger partial charge on any atom is 0.196 e. The van der Waals surface area contributed by atoms with Crippen LogP contribution in [0.1, 0.15) is 26.3 Å². The Morgan fingerprint density at radius 1 is 1.24 bits per heavy atom. The molecule has 1 unspecified atom stereocenters. The van der Waals surface area contributed by atoms with Gasteiger partial charge in [-0.1, -0.05) is 38.5 Å². The van der Waals surface area contributed by atoms with Gasteiger partial charge >= 0.3 is 0 Å². The smallest absolute Gasteiger partial charge is 0.196 e. The van der Waals surface area contributed by atoms with Crippen molar-refractivity contribution >= 4 is 11.6 Å². The molecule has 3 nitrogen and oxygen atoms in total. The summed E-state index contributed by atoms with van der Waals surface area (Å²) in [6.07, 6.45) is 0. The zero-order valence-corrected chi connectivity index (χ0v) is 11.1. The first-order valence-electron chi connectivity index (χ1n) is 6.05. The predicted molar refractivity (Wildman–Crippen MR) is 73.4 cm³/mol. The lowest BCUT2D eigenvalue weighted by Gasteiger charge is -2.35. The van der Waals surface area contributed by atoms with Gasteiger partial charge in [-0.2, -0.15) is 0 Å². The molecule has 1 aromatic rings. The molecule has 3 heteroatoms. The summed E-state index contributed by atoms with van der Waals surface area (Å²) in [5.74, 6) is 0.633. The lowest BCUT2D eigenvalue weighted by molar-refractivity contribution is 0.336. The van der Waals surface area contributed by atoms with Crippen LogP contribution in [0.15, 0.2) is 29.3 Å². The first-order chi connectivity index (χ1) is 7.89. The molecule has 1 aromatic carbocycles. The highest BCUT2D eigenvalue weighted by Crippen LogP contribution is 2.31. The number of aliphatic imine (C=N–C) groups is 1. The average Bonchev–Trinajstić information content (AvgIpc) is 2.61. The molecular weight excluding hydrogens is 210 g/mol. The molecule has 0 aromatic heterocycles. The summed E-state index contributed by atoms with van der Waals surface area (Å²) in [4.78, 5) is 6.54. The van der Waals surface area contributed by atoms with Crippen molar-refractivity contribution in [3.8, 4) is 0 Å². The minimum Gasteiger partial charge on any atom is -0.370 e. The molecule has 17 heavy (non-hydrogen) atoms. The molecule has 2 N–H and O–H groups in total. The van der Waals surface area contributed by atoms with Crippen LogP contribution in [0, 0.1) is 12.3 Å². The second-order valence-corrected chi connectivity index (χ2v) is 5.79. The van der Waals surface area contributed by atoms with E-state index in [1.165, 1.54) is 5.56 Å². The molecular formula is C14H21N3. The van der Waals surface area contributed by atoms with E-state index < -0.39 is 0 Å². The highest BCUT2D eigenvalue weighted by molar-refractivity contribution is 5.97. The number of guanidine groups is 1. The summed E-state index contributed by atoms with van der Waals surface area (Å²) in [5.41, 5.74) is 8.57. The van der Waals surface area contributed by atoms with Crippen molar-refractivity contribution in [3.63, 3.8) is 0 Å². The third kappa shape index (κ3) is 2.28. The van der Waals surface area contributed by atoms with Gasteiger partial charge in [0.15, 0.2) is 5.96 Å². The number of aryl methyl sites for hydroxylation is 1. The molecule has 0 saturated carbocycles. The molecule has 1 heterocycles. The van der Waals surface area contributed by atoms with E-state index >= 15 is 0 Å². The summed E-state index contributed by atoms with van der Waals surface area (Å²) >= 11 is 0. The lowest BCUT2D eigenvalue weighted by Crippen LogP contribution is -2.47. The molecule has 1 atom stereocenters. The van der Waals surface area contributed by atoms with Gasteiger partial charge in [-0.25, -0.2) is 0 Å². The number of nitrogens with two attached hydrogens (primary N) is 1. The van der Waals surface area contributed by atoms with Crippen molar-refractivity contribution in [1.29, 1.82) is 0 Å². The van der Waals surface area contributed by atoms with Crippen LogP contribution in [0.25, 0.3) is 0 Å². The Kier molecular flexibility index (Phi) is 2.86. The fourth-order valence-corrected chi connectivity index (χ4v) is 2.18. The second-order valence-electron chi connectivity index (χ2n) is 5.79. The highest BCUT2D eigenvalue weighted by Gasteiger charge is 2.36. The molecule has 0 radical (unpaired) electrons.